The predicted molar refractivity (Wildman–Crippen MR) is 39.7 cm³/mol. The van der Waals surface area contributed by atoms with Crippen molar-refractivity contribution in [3.63, 3.8) is 0 Å². The molecule has 0 saturated carbocycles. The molecule has 2 aromatic heterocycles. The van der Waals surface area contributed by atoms with Gasteiger partial charge in [0.15, 0.2) is 0 Å². The summed E-state index contributed by atoms with van der Waals surface area (Å²) in [7, 11) is 0. The Kier molecular flexibility index (Phi) is 4.48. The Morgan fingerprint density at radius 2 is 2.20 bits per heavy atom. The van der Waals surface area contributed by atoms with Gasteiger partial charge in [0.1, 0.15) is 11.7 Å². The zero-order valence-electron chi connectivity index (χ0n) is 7.75. The molecule has 0 radical (unpaired) electrons. The average Bonchev–Trinajstić information content (AvgIpc) is 2.68. The molecule has 0 unspecified atom stereocenters. The van der Waals surface area contributed by atoms with Crippen molar-refractivity contribution in [2.75, 3.05) is 0 Å². The molecule has 2 rings (SSSR count). The number of carboxylic acid groups (broad SMARTS) is 1. The van der Waals surface area contributed by atoms with Crippen LogP contribution < -0.4 is 56.5 Å². The number of nitrogens with zero attached hydrogens (tertiary/aromatic N) is 4. The van der Waals surface area contributed by atoms with Crippen molar-refractivity contribution in [2.45, 2.75) is 0 Å². The number of hydrogen-bond donors (Lipinski definition) is 0. The molecular weight excluding hydrogens is 227 g/mol. The topological polar surface area (TPSA) is 105 Å². The average molecular weight is 230 g/mol. The van der Waals surface area contributed by atoms with Gasteiger partial charge in [0, 0.05) is 12.4 Å². The van der Waals surface area contributed by atoms with Crippen molar-refractivity contribution < 1.29 is 65.8 Å². The van der Waals surface area contributed by atoms with Crippen LogP contribution in [0.4, 0.5) is 0 Å². The third kappa shape index (κ3) is 2.89. The van der Waals surface area contributed by atoms with Crippen LogP contribution in [-0.2, 0) is 0 Å². The molecular formula is C7H3KN4O3. The van der Waals surface area contributed by atoms with Crippen LogP contribution in [0.5, 0.6) is 0 Å². The van der Waals surface area contributed by atoms with Gasteiger partial charge in [-0.05, 0) is 0 Å². The molecule has 7 nitrogen and oxygen atoms in total. The number of carbonyl (C=O) groups excluding carboxylic acids is 1. The smallest absolute Gasteiger partial charge is 0.540 e. The van der Waals surface area contributed by atoms with E-state index in [2.05, 4.69) is 24.6 Å². The van der Waals surface area contributed by atoms with Crippen LogP contribution in [0.15, 0.2) is 23.1 Å². The van der Waals surface area contributed by atoms with Crippen molar-refractivity contribution in [1.82, 2.24) is 20.1 Å². The fraction of sp³-hybridized carbons (Fsp3) is 0. The maximum Gasteiger partial charge on any atom is 1.00 e. The number of carbonyl (C=O) groups is 1. The monoisotopic (exact) mass is 230 g/mol. The zero-order chi connectivity index (χ0) is 9.97. The van der Waals surface area contributed by atoms with Gasteiger partial charge in [0.05, 0.1) is 6.20 Å². The summed E-state index contributed by atoms with van der Waals surface area (Å²) < 4.78 is 4.39. The minimum Gasteiger partial charge on any atom is -0.540 e. The standard InChI is InChI=1S/C7H4N4O3.K/c12-7(13)6-10-5(11-14-6)4-3-8-1-2-9-4;/h1-3H,(H,12,13);/q;+1/p-1. The van der Waals surface area contributed by atoms with Gasteiger partial charge < -0.3 is 14.4 Å². The van der Waals surface area contributed by atoms with E-state index < -0.39 is 11.9 Å². The van der Waals surface area contributed by atoms with E-state index in [0.29, 0.717) is 5.69 Å². The third-order valence-corrected chi connectivity index (χ3v) is 1.39. The third-order valence-electron chi connectivity index (χ3n) is 1.39. The molecule has 2 aromatic rings. The molecule has 2 heterocycles. The van der Waals surface area contributed by atoms with Gasteiger partial charge in [-0.2, -0.15) is 4.98 Å². The summed E-state index contributed by atoms with van der Waals surface area (Å²) in [6, 6.07) is 0. The minimum absolute atomic E-state index is 0. The van der Waals surface area contributed by atoms with E-state index in [4.69, 9.17) is 0 Å². The fourth-order valence-electron chi connectivity index (χ4n) is 0.825. The second-order valence-corrected chi connectivity index (χ2v) is 2.30. The zero-order valence-corrected chi connectivity index (χ0v) is 10.9. The summed E-state index contributed by atoms with van der Waals surface area (Å²) in [5.74, 6) is -2.03. The molecule has 0 bridgehead atoms. The van der Waals surface area contributed by atoms with E-state index in [1.54, 1.807) is 0 Å². The number of carboxylic acids is 1. The maximum absolute atomic E-state index is 10.3. The quantitative estimate of drug-likeness (QED) is 0.483. The van der Waals surface area contributed by atoms with E-state index in [-0.39, 0.29) is 57.2 Å². The van der Waals surface area contributed by atoms with Gasteiger partial charge in [-0.15, -0.1) is 0 Å². The fourth-order valence-corrected chi connectivity index (χ4v) is 0.825. The SMILES string of the molecule is O=C([O-])c1nc(-c2cnccn2)no1.[K+]. The van der Waals surface area contributed by atoms with Gasteiger partial charge in [0.2, 0.25) is 5.82 Å². The first kappa shape index (κ1) is 12.4. The van der Waals surface area contributed by atoms with Crippen LogP contribution in [0.2, 0.25) is 0 Å². The molecule has 0 aromatic carbocycles. The molecule has 0 aliphatic rings. The molecule has 0 N–H and O–H groups in total. The summed E-state index contributed by atoms with van der Waals surface area (Å²) in [6.45, 7) is 0. The van der Waals surface area contributed by atoms with Gasteiger partial charge in [0.25, 0.3) is 5.89 Å². The Balaban J connectivity index is 0.00000112. The van der Waals surface area contributed by atoms with E-state index in [1.807, 2.05) is 0 Å². The number of hydrogen-bond acceptors (Lipinski definition) is 7. The van der Waals surface area contributed by atoms with Crippen molar-refractivity contribution in [1.29, 1.82) is 0 Å². The van der Waals surface area contributed by atoms with Crippen LogP contribution in [0.3, 0.4) is 0 Å². The largest absolute Gasteiger partial charge is 1.00 e. The first-order valence-corrected chi connectivity index (χ1v) is 3.59. The van der Waals surface area contributed by atoms with Crippen LogP contribution >= 0.6 is 0 Å². The van der Waals surface area contributed by atoms with Crippen LogP contribution in [-0.4, -0.2) is 26.1 Å². The van der Waals surface area contributed by atoms with Gasteiger partial charge in [-0.1, -0.05) is 5.16 Å². The molecule has 0 fully saturated rings. The molecule has 0 spiro atoms. The van der Waals surface area contributed by atoms with E-state index >= 15 is 0 Å². The van der Waals surface area contributed by atoms with Crippen molar-refractivity contribution in [2.24, 2.45) is 0 Å². The number of aromatic carboxylic acids is 1. The minimum atomic E-state index is -1.52. The predicted octanol–water partition coefficient (Wildman–Crippen LogP) is -4.11. The molecule has 70 valence electrons. The van der Waals surface area contributed by atoms with E-state index in [9.17, 15) is 9.90 Å². The molecule has 0 saturated heterocycles. The van der Waals surface area contributed by atoms with E-state index in [1.165, 1.54) is 18.6 Å². The Morgan fingerprint density at radius 3 is 2.73 bits per heavy atom. The molecule has 8 heteroatoms. The summed E-state index contributed by atoms with van der Waals surface area (Å²) >= 11 is 0. The van der Waals surface area contributed by atoms with Crippen LogP contribution in [0, 0.1) is 0 Å². The summed E-state index contributed by atoms with van der Waals surface area (Å²) in [5.41, 5.74) is 0.337. The summed E-state index contributed by atoms with van der Waals surface area (Å²) in [6.07, 6.45) is 4.30. The normalized spacial score (nSPS) is 9.33. The van der Waals surface area contributed by atoms with Gasteiger partial charge in [-0.25, -0.2) is 4.98 Å². The van der Waals surface area contributed by atoms with Crippen LogP contribution in [0.1, 0.15) is 10.7 Å². The second-order valence-electron chi connectivity index (χ2n) is 2.30. The van der Waals surface area contributed by atoms with Gasteiger partial charge in [-0.3, -0.25) is 4.98 Å². The van der Waals surface area contributed by atoms with Crippen molar-refractivity contribution in [3.8, 4) is 11.5 Å². The van der Waals surface area contributed by atoms with E-state index in [0.717, 1.165) is 0 Å². The Morgan fingerprint density at radius 1 is 1.40 bits per heavy atom. The number of rotatable bonds is 2. The molecule has 0 atom stereocenters. The molecule has 15 heavy (non-hydrogen) atoms. The first-order chi connectivity index (χ1) is 6.77. The van der Waals surface area contributed by atoms with Crippen molar-refractivity contribution in [3.05, 3.63) is 24.5 Å². The van der Waals surface area contributed by atoms with Crippen molar-refractivity contribution >= 4 is 5.97 Å². The van der Waals surface area contributed by atoms with Crippen LogP contribution in [0.25, 0.3) is 11.5 Å². The molecule has 0 amide bonds. The molecule has 0 aliphatic carbocycles. The maximum atomic E-state index is 10.3. The number of aromatic nitrogens is 4. The Bertz CT molecular complexity index is 458. The Hall–Kier alpha value is -0.674. The summed E-state index contributed by atoms with van der Waals surface area (Å²) in [4.78, 5) is 21.5. The summed E-state index contributed by atoms with van der Waals surface area (Å²) in [5, 5.41) is 13.7. The first-order valence-electron chi connectivity index (χ1n) is 3.59. The Labute approximate surface area is 126 Å². The molecule has 0 aliphatic heterocycles. The van der Waals surface area contributed by atoms with Gasteiger partial charge >= 0.3 is 51.4 Å². The second kappa shape index (κ2) is 5.42.